The summed E-state index contributed by atoms with van der Waals surface area (Å²) < 4.78 is 11.4. The van der Waals surface area contributed by atoms with Crippen molar-refractivity contribution in [3.63, 3.8) is 0 Å². The van der Waals surface area contributed by atoms with E-state index in [1.807, 2.05) is 38.0 Å². The first kappa shape index (κ1) is 19.2. The van der Waals surface area contributed by atoms with Gasteiger partial charge in [-0.3, -0.25) is 0 Å². The van der Waals surface area contributed by atoms with Crippen LogP contribution in [0.5, 0.6) is 0 Å². The van der Waals surface area contributed by atoms with Gasteiger partial charge in [0.15, 0.2) is 0 Å². The predicted molar refractivity (Wildman–Crippen MR) is 96.3 cm³/mol. The fourth-order valence-corrected chi connectivity index (χ4v) is 3.59. The molecule has 0 aromatic carbocycles. The van der Waals surface area contributed by atoms with Gasteiger partial charge in [-0.05, 0) is 59.8 Å². The van der Waals surface area contributed by atoms with E-state index in [1.54, 1.807) is 17.5 Å². The quantitative estimate of drug-likeness (QED) is 0.689. The first-order valence-corrected chi connectivity index (χ1v) is 9.75. The molecule has 0 radical (unpaired) electrons. The highest BCUT2D eigenvalue weighted by Crippen LogP contribution is 2.24. The van der Waals surface area contributed by atoms with Crippen LogP contribution in [0.4, 0.5) is 4.79 Å². The molecule has 1 aromatic heterocycles. The van der Waals surface area contributed by atoms with Crippen molar-refractivity contribution in [1.82, 2.24) is 9.88 Å². The van der Waals surface area contributed by atoms with Crippen molar-refractivity contribution in [2.75, 3.05) is 13.2 Å². The van der Waals surface area contributed by atoms with Gasteiger partial charge in [-0.15, -0.1) is 11.3 Å². The third-order valence-corrected chi connectivity index (χ3v) is 5.04. The Kier molecular flexibility index (Phi) is 7.04. The Labute approximate surface area is 149 Å². The number of hydrogen-bond donors (Lipinski definition) is 0. The Hall–Kier alpha value is -1.14. The van der Waals surface area contributed by atoms with Gasteiger partial charge in [0, 0.05) is 30.8 Å². The van der Waals surface area contributed by atoms with Crippen molar-refractivity contribution in [3.05, 3.63) is 16.6 Å². The van der Waals surface area contributed by atoms with Gasteiger partial charge in [0.05, 0.1) is 0 Å². The number of hydrogen-bond acceptors (Lipinski definition) is 5. The zero-order valence-corrected chi connectivity index (χ0v) is 16.1. The lowest BCUT2D eigenvalue weighted by atomic mass is 9.98. The molecule has 0 saturated carbocycles. The van der Waals surface area contributed by atoms with Crippen molar-refractivity contribution in [3.8, 4) is 0 Å². The third-order valence-electron chi connectivity index (χ3n) is 4.10. The summed E-state index contributed by atoms with van der Waals surface area (Å²) in [5.41, 5.74) is -0.439. The number of thiazole rings is 1. The van der Waals surface area contributed by atoms with E-state index in [9.17, 15) is 4.79 Å². The topological polar surface area (TPSA) is 51.7 Å². The van der Waals surface area contributed by atoms with Crippen molar-refractivity contribution < 1.29 is 14.3 Å². The highest BCUT2D eigenvalue weighted by Gasteiger charge is 2.30. The molecular weight excluding hydrogens is 324 g/mol. The second kappa shape index (κ2) is 8.81. The van der Waals surface area contributed by atoms with Crippen LogP contribution in [0.3, 0.4) is 0 Å². The molecule has 1 aromatic rings. The van der Waals surface area contributed by atoms with Crippen molar-refractivity contribution in [2.24, 2.45) is 0 Å². The van der Waals surface area contributed by atoms with Gasteiger partial charge in [-0.2, -0.15) is 0 Å². The SMILES string of the molecule is C[C@@H](OCCC[C@H]1CCCCN1C(=O)OC(C)(C)C)c1nccs1. The summed E-state index contributed by atoms with van der Waals surface area (Å²) in [4.78, 5) is 18.6. The van der Waals surface area contributed by atoms with Crippen LogP contribution in [0.1, 0.15) is 70.9 Å². The predicted octanol–water partition coefficient (Wildman–Crippen LogP) is 4.79. The summed E-state index contributed by atoms with van der Waals surface area (Å²) in [5, 5.41) is 2.98. The van der Waals surface area contributed by atoms with E-state index in [0.29, 0.717) is 6.61 Å². The minimum Gasteiger partial charge on any atom is -0.444 e. The average molecular weight is 355 g/mol. The van der Waals surface area contributed by atoms with Gasteiger partial charge in [0.25, 0.3) is 0 Å². The molecule has 2 rings (SSSR count). The minimum atomic E-state index is -0.439. The maximum Gasteiger partial charge on any atom is 0.410 e. The fourth-order valence-electron chi connectivity index (χ4n) is 2.95. The monoisotopic (exact) mass is 354 g/mol. The van der Waals surface area contributed by atoms with E-state index in [1.165, 1.54) is 6.42 Å². The maximum atomic E-state index is 12.4. The summed E-state index contributed by atoms with van der Waals surface area (Å²) in [5.74, 6) is 0. The molecule has 0 spiro atoms. The number of likely N-dealkylation sites (tertiary alicyclic amines) is 1. The van der Waals surface area contributed by atoms with Crippen molar-refractivity contribution in [1.29, 1.82) is 0 Å². The highest BCUT2D eigenvalue weighted by molar-refractivity contribution is 7.09. The number of rotatable bonds is 6. The summed E-state index contributed by atoms with van der Waals surface area (Å²) in [6, 6.07) is 0.271. The Morgan fingerprint density at radius 2 is 2.25 bits per heavy atom. The normalized spacial score (nSPS) is 20.0. The zero-order valence-electron chi connectivity index (χ0n) is 15.3. The van der Waals surface area contributed by atoms with E-state index in [0.717, 1.165) is 37.2 Å². The minimum absolute atomic E-state index is 0.0401. The van der Waals surface area contributed by atoms with Crippen LogP contribution in [-0.2, 0) is 9.47 Å². The van der Waals surface area contributed by atoms with Crippen LogP contribution in [0, 0.1) is 0 Å². The van der Waals surface area contributed by atoms with E-state index in [-0.39, 0.29) is 18.2 Å². The molecule has 0 unspecified atom stereocenters. The van der Waals surface area contributed by atoms with Gasteiger partial charge in [-0.1, -0.05) is 0 Å². The fraction of sp³-hybridized carbons (Fsp3) is 0.778. The standard InChI is InChI=1S/C18H30N2O3S/c1-14(16-19-10-13-24-16)22-12-7-9-15-8-5-6-11-20(15)17(21)23-18(2,3)4/h10,13-15H,5-9,11-12H2,1-4H3/t14-,15-/m1/s1. The van der Waals surface area contributed by atoms with E-state index in [4.69, 9.17) is 9.47 Å². The van der Waals surface area contributed by atoms with Gasteiger partial charge < -0.3 is 14.4 Å². The summed E-state index contributed by atoms with van der Waals surface area (Å²) in [6.07, 6.45) is 6.88. The Morgan fingerprint density at radius 3 is 2.92 bits per heavy atom. The maximum absolute atomic E-state index is 12.4. The molecule has 2 heterocycles. The number of piperidine rings is 1. The molecule has 2 atom stereocenters. The Balaban J connectivity index is 1.75. The molecule has 6 heteroatoms. The lowest BCUT2D eigenvalue weighted by molar-refractivity contribution is 0.00593. The van der Waals surface area contributed by atoms with Gasteiger partial charge >= 0.3 is 6.09 Å². The second-order valence-electron chi connectivity index (χ2n) is 7.35. The largest absolute Gasteiger partial charge is 0.444 e. The average Bonchev–Trinajstić information content (AvgIpc) is 3.04. The molecule has 0 aliphatic carbocycles. The molecule has 1 aliphatic heterocycles. The third kappa shape index (κ3) is 6.06. The first-order chi connectivity index (χ1) is 11.4. The summed E-state index contributed by atoms with van der Waals surface area (Å²) in [6.45, 7) is 9.27. The van der Waals surface area contributed by atoms with Crippen LogP contribution in [0.25, 0.3) is 0 Å². The molecule has 1 amide bonds. The molecule has 0 N–H and O–H groups in total. The number of ether oxygens (including phenoxy) is 2. The Bertz CT molecular complexity index is 499. The number of carbonyl (C=O) groups excluding carboxylic acids is 1. The molecule has 1 aliphatic rings. The summed E-state index contributed by atoms with van der Waals surface area (Å²) >= 11 is 1.62. The van der Waals surface area contributed by atoms with Gasteiger partial charge in [0.1, 0.15) is 16.7 Å². The molecule has 1 saturated heterocycles. The lowest BCUT2D eigenvalue weighted by Crippen LogP contribution is -2.46. The lowest BCUT2D eigenvalue weighted by Gasteiger charge is -2.36. The molecule has 1 fully saturated rings. The van der Waals surface area contributed by atoms with Crippen LogP contribution < -0.4 is 0 Å². The Morgan fingerprint density at radius 1 is 1.46 bits per heavy atom. The summed E-state index contributed by atoms with van der Waals surface area (Å²) in [7, 11) is 0. The van der Waals surface area contributed by atoms with Crippen LogP contribution in [0.2, 0.25) is 0 Å². The van der Waals surface area contributed by atoms with Crippen LogP contribution >= 0.6 is 11.3 Å². The van der Waals surface area contributed by atoms with E-state index >= 15 is 0 Å². The molecule has 24 heavy (non-hydrogen) atoms. The zero-order chi connectivity index (χ0) is 17.6. The van der Waals surface area contributed by atoms with E-state index < -0.39 is 5.60 Å². The second-order valence-corrected chi connectivity index (χ2v) is 8.28. The number of carbonyl (C=O) groups is 1. The van der Waals surface area contributed by atoms with Gasteiger partial charge in [-0.25, -0.2) is 9.78 Å². The molecular formula is C18H30N2O3S. The highest BCUT2D eigenvalue weighted by atomic mass is 32.1. The number of aromatic nitrogens is 1. The first-order valence-electron chi connectivity index (χ1n) is 8.87. The van der Waals surface area contributed by atoms with Crippen LogP contribution in [-0.4, -0.2) is 40.8 Å². The van der Waals surface area contributed by atoms with Crippen molar-refractivity contribution in [2.45, 2.75) is 77.5 Å². The van der Waals surface area contributed by atoms with E-state index in [2.05, 4.69) is 4.98 Å². The smallest absolute Gasteiger partial charge is 0.410 e. The molecule has 5 nitrogen and oxygen atoms in total. The van der Waals surface area contributed by atoms with Crippen molar-refractivity contribution >= 4 is 17.4 Å². The van der Waals surface area contributed by atoms with Crippen LogP contribution in [0.15, 0.2) is 11.6 Å². The van der Waals surface area contributed by atoms with Gasteiger partial charge in [0.2, 0.25) is 0 Å². The molecule has 136 valence electrons. The molecule has 0 bridgehead atoms. The number of nitrogens with zero attached hydrogens (tertiary/aromatic N) is 2. The number of amides is 1.